The first kappa shape index (κ1) is 15.6. The molecule has 2 aromatic rings. The van der Waals surface area contributed by atoms with Crippen LogP contribution in [0.2, 0.25) is 0 Å². The van der Waals surface area contributed by atoms with Gasteiger partial charge in [-0.15, -0.1) is 5.92 Å². The van der Waals surface area contributed by atoms with E-state index in [-0.39, 0.29) is 6.04 Å². The first-order valence-corrected chi connectivity index (χ1v) is 8.16. The third-order valence-corrected chi connectivity index (χ3v) is 4.64. The van der Waals surface area contributed by atoms with E-state index >= 15 is 0 Å². The van der Waals surface area contributed by atoms with Crippen molar-refractivity contribution in [2.24, 2.45) is 0 Å². The van der Waals surface area contributed by atoms with E-state index in [4.69, 9.17) is 0 Å². The van der Waals surface area contributed by atoms with Gasteiger partial charge in [0.1, 0.15) is 5.82 Å². The van der Waals surface area contributed by atoms with Crippen molar-refractivity contribution in [1.82, 2.24) is 14.9 Å². The standard InChI is InChI=1S/C17H16BrN3O2/c1-2-4-11-9-12(6-7-13(11)18)14-10-19-16(20-14)15-5-3-8-21(15)17(22)23/h6-7,9-10,15H,3,5,8H2,1H3,(H,19,20)(H,22,23). The molecule has 1 aliphatic heterocycles. The van der Waals surface area contributed by atoms with Crippen molar-refractivity contribution in [1.29, 1.82) is 0 Å². The minimum atomic E-state index is -0.894. The van der Waals surface area contributed by atoms with Crippen molar-refractivity contribution in [2.45, 2.75) is 25.8 Å². The Hall–Kier alpha value is -2.26. The number of amides is 1. The van der Waals surface area contributed by atoms with Crippen LogP contribution in [0.3, 0.4) is 0 Å². The van der Waals surface area contributed by atoms with Gasteiger partial charge in [0.15, 0.2) is 0 Å². The average molecular weight is 374 g/mol. The minimum Gasteiger partial charge on any atom is -0.465 e. The quantitative estimate of drug-likeness (QED) is 0.780. The summed E-state index contributed by atoms with van der Waals surface area (Å²) >= 11 is 3.49. The Bertz CT molecular complexity index is 804. The van der Waals surface area contributed by atoms with Crippen LogP contribution in [0, 0.1) is 11.8 Å². The van der Waals surface area contributed by atoms with Crippen molar-refractivity contribution in [2.75, 3.05) is 6.54 Å². The fourth-order valence-corrected chi connectivity index (χ4v) is 3.20. The molecule has 118 valence electrons. The molecule has 1 aliphatic rings. The lowest BCUT2D eigenvalue weighted by molar-refractivity contribution is 0.139. The lowest BCUT2D eigenvalue weighted by Gasteiger charge is -2.19. The Balaban J connectivity index is 1.91. The van der Waals surface area contributed by atoms with Crippen molar-refractivity contribution < 1.29 is 9.90 Å². The number of halogens is 1. The molecule has 0 saturated carbocycles. The van der Waals surface area contributed by atoms with E-state index in [1.54, 1.807) is 13.1 Å². The van der Waals surface area contributed by atoms with Gasteiger partial charge in [-0.05, 0) is 47.8 Å². The summed E-state index contributed by atoms with van der Waals surface area (Å²) in [5, 5.41) is 9.26. The summed E-state index contributed by atoms with van der Waals surface area (Å²) in [4.78, 5) is 20.4. The molecule has 2 N–H and O–H groups in total. The summed E-state index contributed by atoms with van der Waals surface area (Å²) in [6, 6.07) is 5.73. The third kappa shape index (κ3) is 3.10. The van der Waals surface area contributed by atoms with Crippen molar-refractivity contribution in [3.8, 4) is 23.1 Å². The molecule has 1 fully saturated rings. The Morgan fingerprint density at radius 2 is 2.35 bits per heavy atom. The zero-order valence-electron chi connectivity index (χ0n) is 12.6. The van der Waals surface area contributed by atoms with Crippen LogP contribution in [0.4, 0.5) is 4.79 Å². The molecule has 0 aliphatic carbocycles. The maximum absolute atomic E-state index is 11.3. The van der Waals surface area contributed by atoms with Gasteiger partial charge in [-0.3, -0.25) is 4.90 Å². The number of hydrogen-bond donors (Lipinski definition) is 2. The number of likely N-dealkylation sites (tertiary alicyclic amines) is 1. The Kier molecular flexibility index (Phi) is 4.39. The van der Waals surface area contributed by atoms with E-state index in [9.17, 15) is 9.90 Å². The van der Waals surface area contributed by atoms with Crippen LogP contribution in [-0.4, -0.2) is 32.6 Å². The number of aromatic nitrogens is 2. The second-order valence-corrected chi connectivity index (χ2v) is 6.24. The van der Waals surface area contributed by atoms with Gasteiger partial charge >= 0.3 is 6.09 Å². The van der Waals surface area contributed by atoms with Gasteiger partial charge in [0, 0.05) is 22.1 Å². The molecule has 0 spiro atoms. The monoisotopic (exact) mass is 373 g/mol. The van der Waals surface area contributed by atoms with E-state index in [0.717, 1.165) is 34.1 Å². The molecule has 1 aromatic carbocycles. The number of benzene rings is 1. The summed E-state index contributed by atoms with van der Waals surface area (Å²) < 4.78 is 0.947. The molecule has 0 bridgehead atoms. The molecule has 6 heteroatoms. The first-order valence-electron chi connectivity index (χ1n) is 7.37. The third-order valence-electron chi connectivity index (χ3n) is 3.95. The molecule has 1 amide bonds. The second kappa shape index (κ2) is 6.47. The van der Waals surface area contributed by atoms with Gasteiger partial charge in [-0.2, -0.15) is 0 Å². The highest BCUT2D eigenvalue weighted by Crippen LogP contribution is 2.32. The molecule has 1 atom stereocenters. The number of rotatable bonds is 2. The molecule has 3 rings (SSSR count). The Morgan fingerprint density at radius 3 is 3.09 bits per heavy atom. The smallest absolute Gasteiger partial charge is 0.407 e. The number of nitrogens with zero attached hydrogens (tertiary/aromatic N) is 2. The first-order chi connectivity index (χ1) is 11.1. The molecular formula is C17H16BrN3O2. The summed E-state index contributed by atoms with van der Waals surface area (Å²) in [5.74, 6) is 6.65. The van der Waals surface area contributed by atoms with E-state index in [1.807, 2.05) is 18.2 Å². The van der Waals surface area contributed by atoms with E-state index < -0.39 is 6.09 Å². The number of H-pyrrole nitrogens is 1. The molecule has 1 unspecified atom stereocenters. The average Bonchev–Trinajstić information content (AvgIpc) is 3.17. The predicted molar refractivity (Wildman–Crippen MR) is 91.0 cm³/mol. The fourth-order valence-electron chi connectivity index (χ4n) is 2.86. The van der Waals surface area contributed by atoms with Crippen LogP contribution in [0.1, 0.15) is 37.2 Å². The van der Waals surface area contributed by atoms with Crippen LogP contribution in [-0.2, 0) is 0 Å². The summed E-state index contributed by atoms with van der Waals surface area (Å²) in [6.07, 6.45) is 2.52. The lowest BCUT2D eigenvalue weighted by atomic mass is 10.1. The fraction of sp³-hybridized carbons (Fsp3) is 0.294. The van der Waals surface area contributed by atoms with Crippen LogP contribution in [0.15, 0.2) is 28.9 Å². The summed E-state index contributed by atoms with van der Waals surface area (Å²) in [6.45, 7) is 2.36. The molecule has 2 heterocycles. The van der Waals surface area contributed by atoms with Crippen LogP contribution in [0.25, 0.3) is 11.3 Å². The largest absolute Gasteiger partial charge is 0.465 e. The highest BCUT2D eigenvalue weighted by Gasteiger charge is 2.31. The molecule has 23 heavy (non-hydrogen) atoms. The molecule has 1 aromatic heterocycles. The number of carbonyl (C=O) groups is 1. The van der Waals surface area contributed by atoms with Gasteiger partial charge in [0.25, 0.3) is 0 Å². The zero-order chi connectivity index (χ0) is 16.4. The second-order valence-electron chi connectivity index (χ2n) is 5.39. The highest BCUT2D eigenvalue weighted by molar-refractivity contribution is 9.10. The number of imidazole rings is 1. The maximum atomic E-state index is 11.3. The number of aromatic amines is 1. The molecule has 0 radical (unpaired) electrons. The van der Waals surface area contributed by atoms with Crippen molar-refractivity contribution in [3.63, 3.8) is 0 Å². The molecule has 1 saturated heterocycles. The SMILES string of the molecule is CC#Cc1cc(-c2cnc(C3CCCN3C(=O)O)[nH]2)ccc1Br. The van der Waals surface area contributed by atoms with E-state index in [0.29, 0.717) is 12.4 Å². The summed E-state index contributed by atoms with van der Waals surface area (Å²) in [5.41, 5.74) is 2.75. The normalized spacial score (nSPS) is 17.0. The zero-order valence-corrected chi connectivity index (χ0v) is 14.2. The van der Waals surface area contributed by atoms with Gasteiger partial charge in [0.05, 0.1) is 17.9 Å². The van der Waals surface area contributed by atoms with Crippen LogP contribution in [0.5, 0.6) is 0 Å². The number of carboxylic acid groups (broad SMARTS) is 1. The van der Waals surface area contributed by atoms with Crippen LogP contribution >= 0.6 is 15.9 Å². The van der Waals surface area contributed by atoms with E-state index in [1.165, 1.54) is 4.90 Å². The van der Waals surface area contributed by atoms with Gasteiger partial charge < -0.3 is 10.1 Å². The Labute approximate surface area is 142 Å². The highest BCUT2D eigenvalue weighted by atomic mass is 79.9. The van der Waals surface area contributed by atoms with Gasteiger partial charge in [0.2, 0.25) is 0 Å². The van der Waals surface area contributed by atoms with Crippen molar-refractivity contribution >= 4 is 22.0 Å². The van der Waals surface area contributed by atoms with Crippen molar-refractivity contribution in [3.05, 3.63) is 40.3 Å². The lowest BCUT2D eigenvalue weighted by Crippen LogP contribution is -2.29. The number of hydrogen-bond acceptors (Lipinski definition) is 2. The minimum absolute atomic E-state index is 0.188. The van der Waals surface area contributed by atoms with Gasteiger partial charge in [-0.1, -0.05) is 12.0 Å². The predicted octanol–water partition coefficient (Wildman–Crippen LogP) is 4.03. The topological polar surface area (TPSA) is 69.2 Å². The van der Waals surface area contributed by atoms with Gasteiger partial charge in [-0.25, -0.2) is 9.78 Å². The molecule has 5 nitrogen and oxygen atoms in total. The van der Waals surface area contributed by atoms with Crippen LogP contribution < -0.4 is 0 Å². The Morgan fingerprint density at radius 1 is 1.52 bits per heavy atom. The summed E-state index contributed by atoms with van der Waals surface area (Å²) in [7, 11) is 0. The molecular weight excluding hydrogens is 358 g/mol. The maximum Gasteiger partial charge on any atom is 0.407 e. The van der Waals surface area contributed by atoms with E-state index in [2.05, 4.69) is 37.7 Å². The number of nitrogens with one attached hydrogen (secondary N) is 1.